The van der Waals surface area contributed by atoms with Gasteiger partial charge in [-0.1, -0.05) is 12.1 Å². The quantitative estimate of drug-likeness (QED) is 0.492. The lowest BCUT2D eigenvalue weighted by Crippen LogP contribution is -2.39. The second-order valence-electron chi connectivity index (χ2n) is 4.01. The van der Waals surface area contributed by atoms with Crippen LogP contribution in [-0.4, -0.2) is 36.5 Å². The summed E-state index contributed by atoms with van der Waals surface area (Å²) < 4.78 is 4.91. The average molecular weight is 287 g/mol. The highest BCUT2D eigenvalue weighted by Gasteiger charge is 2.23. The number of nitrogens with zero attached hydrogens (tertiary/aromatic N) is 1. The van der Waals surface area contributed by atoms with Gasteiger partial charge < -0.3 is 10.1 Å². The van der Waals surface area contributed by atoms with Gasteiger partial charge in [0.15, 0.2) is 0 Å². The number of hydrogen-bond acceptors (Lipinski definition) is 4. The van der Waals surface area contributed by atoms with Crippen molar-refractivity contribution >= 4 is 23.2 Å². The van der Waals surface area contributed by atoms with Gasteiger partial charge in [-0.15, -0.1) is 11.6 Å². The van der Waals surface area contributed by atoms with Crippen LogP contribution < -0.4 is 5.32 Å². The number of methoxy groups -OCH3 is 1. The van der Waals surface area contributed by atoms with E-state index in [4.69, 9.17) is 16.3 Å². The van der Waals surface area contributed by atoms with Crippen LogP contribution in [0.25, 0.3) is 0 Å². The molecule has 6 nitrogen and oxygen atoms in total. The second kappa shape index (κ2) is 7.06. The smallest absolute Gasteiger partial charge is 0.282 e. The molecule has 1 N–H and O–H groups in total. The molecule has 0 aromatic heterocycles. The number of carbonyl (C=O) groups is 1. The van der Waals surface area contributed by atoms with Crippen LogP contribution >= 0.6 is 11.6 Å². The molecule has 1 atom stereocenters. The molecule has 0 aliphatic carbocycles. The Bertz CT molecular complexity index is 479. The molecular weight excluding hydrogens is 272 g/mol. The molecule has 0 fully saturated rings. The van der Waals surface area contributed by atoms with E-state index in [1.807, 2.05) is 0 Å². The van der Waals surface area contributed by atoms with E-state index in [0.717, 1.165) is 0 Å². The Hall–Kier alpha value is -1.66. The molecule has 0 saturated heterocycles. The van der Waals surface area contributed by atoms with Crippen LogP contribution in [-0.2, 0) is 4.74 Å². The molecule has 0 saturated carbocycles. The fourth-order valence-electron chi connectivity index (χ4n) is 1.68. The zero-order valence-electron chi connectivity index (χ0n) is 10.7. The van der Waals surface area contributed by atoms with Gasteiger partial charge in [-0.3, -0.25) is 14.9 Å². The molecule has 0 bridgehead atoms. The molecule has 1 amide bonds. The fraction of sp³-hybridized carbons (Fsp3) is 0.417. The van der Waals surface area contributed by atoms with Crippen molar-refractivity contribution in [3.05, 3.63) is 39.4 Å². The summed E-state index contributed by atoms with van der Waals surface area (Å²) in [5, 5.41) is 13.6. The van der Waals surface area contributed by atoms with E-state index in [1.165, 1.54) is 13.2 Å². The molecule has 0 spiro atoms. The molecule has 1 rings (SSSR count). The lowest BCUT2D eigenvalue weighted by molar-refractivity contribution is -0.385. The summed E-state index contributed by atoms with van der Waals surface area (Å²) in [6.07, 6.45) is 0. The SMILES string of the molecule is COCC(CCl)NC(=O)c1c(C)cccc1[N+](=O)[O-]. The molecular formula is C12H15ClN2O4. The summed E-state index contributed by atoms with van der Waals surface area (Å²) in [4.78, 5) is 22.5. The van der Waals surface area contributed by atoms with Gasteiger partial charge in [0.05, 0.1) is 17.6 Å². The zero-order chi connectivity index (χ0) is 14.4. The Morgan fingerprint density at radius 3 is 2.79 bits per heavy atom. The third-order valence-electron chi connectivity index (χ3n) is 2.56. The maximum atomic E-state index is 12.1. The highest BCUT2D eigenvalue weighted by Crippen LogP contribution is 2.21. The number of alkyl halides is 1. The number of aryl methyl sites for hydroxylation is 1. The van der Waals surface area contributed by atoms with E-state index < -0.39 is 16.9 Å². The zero-order valence-corrected chi connectivity index (χ0v) is 11.4. The van der Waals surface area contributed by atoms with Crippen molar-refractivity contribution in [1.82, 2.24) is 5.32 Å². The molecule has 0 radical (unpaired) electrons. The minimum atomic E-state index is -0.575. The molecule has 19 heavy (non-hydrogen) atoms. The third kappa shape index (κ3) is 3.90. The molecule has 0 aliphatic heterocycles. The molecule has 1 aromatic rings. The number of ether oxygens (including phenoxy) is 1. The molecule has 7 heteroatoms. The fourth-order valence-corrected chi connectivity index (χ4v) is 1.85. The summed E-state index contributed by atoms with van der Waals surface area (Å²) in [7, 11) is 1.49. The lowest BCUT2D eigenvalue weighted by Gasteiger charge is -2.15. The van der Waals surface area contributed by atoms with Crippen LogP contribution in [0.2, 0.25) is 0 Å². The van der Waals surface area contributed by atoms with Gasteiger partial charge in [0.1, 0.15) is 5.56 Å². The van der Waals surface area contributed by atoms with Crippen LogP contribution in [0, 0.1) is 17.0 Å². The first-order valence-electron chi connectivity index (χ1n) is 5.61. The highest BCUT2D eigenvalue weighted by molar-refractivity contribution is 6.18. The summed E-state index contributed by atoms with van der Waals surface area (Å²) in [5.74, 6) is -0.355. The van der Waals surface area contributed by atoms with Crippen LogP contribution in [0.15, 0.2) is 18.2 Å². The first kappa shape index (κ1) is 15.4. The van der Waals surface area contributed by atoms with Crippen LogP contribution in [0.4, 0.5) is 5.69 Å². The standard InChI is InChI=1S/C12H15ClN2O4/c1-8-4-3-5-10(15(17)18)11(8)12(16)14-9(6-13)7-19-2/h3-5,9H,6-7H2,1-2H3,(H,14,16). The summed E-state index contributed by atoms with van der Waals surface area (Å²) in [6, 6.07) is 4.10. The Morgan fingerprint density at radius 1 is 1.58 bits per heavy atom. The molecule has 0 heterocycles. The van der Waals surface area contributed by atoms with Crippen molar-refractivity contribution in [3.63, 3.8) is 0 Å². The molecule has 104 valence electrons. The van der Waals surface area contributed by atoms with Gasteiger partial charge in [-0.2, -0.15) is 0 Å². The number of rotatable bonds is 6. The van der Waals surface area contributed by atoms with Gasteiger partial charge in [-0.25, -0.2) is 0 Å². The highest BCUT2D eigenvalue weighted by atomic mass is 35.5. The predicted molar refractivity (Wildman–Crippen MR) is 71.7 cm³/mol. The maximum absolute atomic E-state index is 12.1. The number of amides is 1. The first-order chi connectivity index (χ1) is 9.01. The number of benzene rings is 1. The number of nitrogens with one attached hydrogen (secondary N) is 1. The van der Waals surface area contributed by atoms with E-state index in [9.17, 15) is 14.9 Å². The predicted octanol–water partition coefficient (Wildman–Crippen LogP) is 1.89. The van der Waals surface area contributed by atoms with Crippen LogP contribution in [0.3, 0.4) is 0 Å². The molecule has 1 aromatic carbocycles. The van der Waals surface area contributed by atoms with E-state index in [2.05, 4.69) is 5.32 Å². The van der Waals surface area contributed by atoms with E-state index in [-0.39, 0.29) is 23.7 Å². The minimum Gasteiger partial charge on any atom is -0.383 e. The number of nitro benzene ring substituents is 1. The average Bonchev–Trinajstić information content (AvgIpc) is 2.37. The Morgan fingerprint density at radius 2 is 2.26 bits per heavy atom. The number of halogens is 1. The third-order valence-corrected chi connectivity index (χ3v) is 2.94. The van der Waals surface area contributed by atoms with Crippen LogP contribution in [0.1, 0.15) is 15.9 Å². The van der Waals surface area contributed by atoms with Gasteiger partial charge in [0, 0.05) is 19.1 Å². The monoisotopic (exact) mass is 286 g/mol. The number of carbonyl (C=O) groups excluding carboxylic acids is 1. The maximum Gasteiger partial charge on any atom is 0.282 e. The number of nitro groups is 1. The lowest BCUT2D eigenvalue weighted by atomic mass is 10.1. The van der Waals surface area contributed by atoms with E-state index in [1.54, 1.807) is 19.1 Å². The van der Waals surface area contributed by atoms with Gasteiger partial charge in [-0.05, 0) is 12.5 Å². The number of hydrogen-bond donors (Lipinski definition) is 1. The van der Waals surface area contributed by atoms with Crippen LogP contribution in [0.5, 0.6) is 0 Å². The molecule has 1 unspecified atom stereocenters. The molecule has 0 aliphatic rings. The Balaban J connectivity index is 3.02. The van der Waals surface area contributed by atoms with Crippen molar-refractivity contribution in [1.29, 1.82) is 0 Å². The summed E-state index contributed by atoms with van der Waals surface area (Å²) in [5.41, 5.74) is 0.374. The van der Waals surface area contributed by atoms with E-state index >= 15 is 0 Å². The van der Waals surface area contributed by atoms with Crippen molar-refractivity contribution in [2.75, 3.05) is 19.6 Å². The van der Waals surface area contributed by atoms with Crippen molar-refractivity contribution in [3.8, 4) is 0 Å². The normalized spacial score (nSPS) is 11.9. The second-order valence-corrected chi connectivity index (χ2v) is 4.31. The van der Waals surface area contributed by atoms with Gasteiger partial charge >= 0.3 is 0 Å². The van der Waals surface area contributed by atoms with Crippen molar-refractivity contribution < 1.29 is 14.5 Å². The minimum absolute atomic E-state index is 0.0544. The summed E-state index contributed by atoms with van der Waals surface area (Å²) >= 11 is 5.69. The summed E-state index contributed by atoms with van der Waals surface area (Å²) in [6.45, 7) is 1.89. The van der Waals surface area contributed by atoms with Gasteiger partial charge in [0.2, 0.25) is 0 Å². The largest absolute Gasteiger partial charge is 0.383 e. The van der Waals surface area contributed by atoms with Crippen molar-refractivity contribution in [2.24, 2.45) is 0 Å². The first-order valence-corrected chi connectivity index (χ1v) is 6.14. The Labute approximate surface area is 115 Å². The van der Waals surface area contributed by atoms with Crippen molar-refractivity contribution in [2.45, 2.75) is 13.0 Å². The Kier molecular flexibility index (Phi) is 5.72. The van der Waals surface area contributed by atoms with E-state index in [0.29, 0.717) is 5.56 Å². The topological polar surface area (TPSA) is 81.5 Å². The van der Waals surface area contributed by atoms with Gasteiger partial charge in [0.25, 0.3) is 11.6 Å².